The van der Waals surface area contributed by atoms with Crippen LogP contribution in [-0.2, 0) is 13.3 Å². The van der Waals surface area contributed by atoms with E-state index >= 15 is 0 Å². The molecular weight excluding hydrogens is 420 g/mol. The Kier molecular flexibility index (Phi) is 7.30. The van der Waals surface area contributed by atoms with Crippen molar-refractivity contribution in [1.29, 1.82) is 0 Å². The molecule has 0 saturated heterocycles. The molecule has 9 nitrogen and oxygen atoms in total. The Morgan fingerprint density at radius 2 is 1.90 bits per heavy atom. The van der Waals surface area contributed by atoms with Gasteiger partial charge in [0.2, 0.25) is 0 Å². The summed E-state index contributed by atoms with van der Waals surface area (Å²) in [5, 5.41) is 14.5. The van der Waals surface area contributed by atoms with Crippen LogP contribution in [0, 0.1) is 5.92 Å². The van der Waals surface area contributed by atoms with E-state index in [1.807, 2.05) is 32.9 Å². The Labute approximate surface area is 185 Å². The molecule has 164 valence electrons. The summed E-state index contributed by atoms with van der Waals surface area (Å²) in [4.78, 5) is 25.2. The molecule has 2 N–H and O–H groups in total. The third-order valence-corrected chi connectivity index (χ3v) is 4.59. The van der Waals surface area contributed by atoms with Gasteiger partial charge in [0.25, 0.3) is 11.8 Å². The van der Waals surface area contributed by atoms with Gasteiger partial charge in [0.15, 0.2) is 18.1 Å². The van der Waals surface area contributed by atoms with Gasteiger partial charge in [-0.1, -0.05) is 37.6 Å². The van der Waals surface area contributed by atoms with E-state index in [4.69, 9.17) is 16.3 Å². The van der Waals surface area contributed by atoms with Crippen molar-refractivity contribution in [3.63, 3.8) is 0 Å². The summed E-state index contributed by atoms with van der Waals surface area (Å²) in [6.45, 7) is 7.07. The van der Waals surface area contributed by atoms with Gasteiger partial charge < -0.3 is 15.4 Å². The normalized spacial score (nSPS) is 10.9. The standard InChI is InChI=1S/C21H25ClN6O3/c1-4-27-12-17(19(26-27)21(30)23-11-14(2)3)24-20(29)16-9-10-28(25-16)13-31-18-8-6-5-7-15(18)22/h5-10,12,14H,4,11,13H2,1-3H3,(H,23,30)(H,24,29). The number of para-hydroxylation sites is 1. The van der Waals surface area contributed by atoms with Gasteiger partial charge >= 0.3 is 0 Å². The van der Waals surface area contributed by atoms with E-state index in [1.54, 1.807) is 35.3 Å². The van der Waals surface area contributed by atoms with Gasteiger partial charge in [-0.2, -0.15) is 10.2 Å². The number of nitrogens with zero attached hydrogens (tertiary/aromatic N) is 4. The number of halogens is 1. The number of ether oxygens (including phenoxy) is 1. The summed E-state index contributed by atoms with van der Waals surface area (Å²) in [5.41, 5.74) is 0.674. The van der Waals surface area contributed by atoms with Crippen molar-refractivity contribution in [3.05, 3.63) is 59.1 Å². The molecule has 0 aliphatic rings. The van der Waals surface area contributed by atoms with Crippen molar-refractivity contribution in [2.24, 2.45) is 5.92 Å². The van der Waals surface area contributed by atoms with E-state index in [0.717, 1.165) is 0 Å². The number of aromatic nitrogens is 4. The molecule has 0 bridgehead atoms. The Bertz CT molecular complexity index is 1060. The Morgan fingerprint density at radius 3 is 2.61 bits per heavy atom. The number of nitrogens with one attached hydrogen (secondary N) is 2. The first-order valence-electron chi connectivity index (χ1n) is 9.95. The molecule has 2 heterocycles. The minimum atomic E-state index is -0.454. The van der Waals surface area contributed by atoms with Crippen LogP contribution in [0.5, 0.6) is 5.75 Å². The number of aryl methyl sites for hydroxylation is 1. The third-order valence-electron chi connectivity index (χ3n) is 4.28. The predicted octanol–water partition coefficient (Wildman–Crippen LogP) is 3.43. The number of hydrogen-bond donors (Lipinski definition) is 2. The minimum absolute atomic E-state index is 0.0909. The molecule has 0 aliphatic carbocycles. The largest absolute Gasteiger partial charge is 0.470 e. The zero-order valence-electron chi connectivity index (χ0n) is 17.6. The summed E-state index contributed by atoms with van der Waals surface area (Å²) in [6.07, 6.45) is 3.25. The number of hydrogen-bond acceptors (Lipinski definition) is 5. The minimum Gasteiger partial charge on any atom is -0.470 e. The number of carbonyl (C=O) groups excluding carboxylic acids is 2. The van der Waals surface area contributed by atoms with Crippen molar-refractivity contribution < 1.29 is 14.3 Å². The monoisotopic (exact) mass is 444 g/mol. The lowest BCUT2D eigenvalue weighted by Gasteiger charge is -2.08. The van der Waals surface area contributed by atoms with Crippen LogP contribution >= 0.6 is 11.6 Å². The highest BCUT2D eigenvalue weighted by molar-refractivity contribution is 6.32. The molecule has 1 aromatic carbocycles. The van der Waals surface area contributed by atoms with Crippen molar-refractivity contribution in [2.75, 3.05) is 11.9 Å². The molecule has 0 spiro atoms. The number of amides is 2. The topological polar surface area (TPSA) is 103 Å². The summed E-state index contributed by atoms with van der Waals surface area (Å²) in [7, 11) is 0. The molecular formula is C21H25ClN6O3. The molecule has 2 aromatic heterocycles. The van der Waals surface area contributed by atoms with E-state index in [9.17, 15) is 9.59 Å². The first-order chi connectivity index (χ1) is 14.9. The lowest BCUT2D eigenvalue weighted by Crippen LogP contribution is -2.28. The Hall–Kier alpha value is -3.33. The second kappa shape index (κ2) is 10.1. The first kappa shape index (κ1) is 22.4. The van der Waals surface area contributed by atoms with Crippen LogP contribution in [0.3, 0.4) is 0 Å². The van der Waals surface area contributed by atoms with E-state index < -0.39 is 5.91 Å². The molecule has 0 radical (unpaired) electrons. The predicted molar refractivity (Wildman–Crippen MR) is 117 cm³/mol. The molecule has 0 fully saturated rings. The zero-order chi connectivity index (χ0) is 22.4. The smallest absolute Gasteiger partial charge is 0.276 e. The van der Waals surface area contributed by atoms with Gasteiger partial charge in [0.1, 0.15) is 5.75 Å². The van der Waals surface area contributed by atoms with Crippen LogP contribution < -0.4 is 15.4 Å². The molecule has 0 unspecified atom stereocenters. The maximum Gasteiger partial charge on any atom is 0.276 e. The van der Waals surface area contributed by atoms with Crippen molar-refractivity contribution >= 4 is 29.1 Å². The SMILES string of the molecule is CCn1cc(NC(=O)c2ccn(COc3ccccc3Cl)n2)c(C(=O)NCC(C)C)n1. The average molecular weight is 445 g/mol. The van der Waals surface area contributed by atoms with Crippen LogP contribution in [-0.4, -0.2) is 37.9 Å². The number of anilines is 1. The Balaban J connectivity index is 1.67. The number of carbonyl (C=O) groups is 2. The van der Waals surface area contributed by atoms with Crippen molar-refractivity contribution in [3.8, 4) is 5.75 Å². The summed E-state index contributed by atoms with van der Waals surface area (Å²) < 4.78 is 8.69. The lowest BCUT2D eigenvalue weighted by molar-refractivity contribution is 0.0944. The zero-order valence-corrected chi connectivity index (χ0v) is 18.4. The highest BCUT2D eigenvalue weighted by Gasteiger charge is 2.20. The fraction of sp³-hybridized carbons (Fsp3) is 0.333. The molecule has 10 heteroatoms. The van der Waals surface area contributed by atoms with E-state index in [2.05, 4.69) is 20.8 Å². The van der Waals surface area contributed by atoms with E-state index in [1.165, 1.54) is 4.68 Å². The summed E-state index contributed by atoms with van der Waals surface area (Å²) in [5.74, 6) is 0.0295. The van der Waals surface area contributed by atoms with Gasteiger partial charge in [0, 0.05) is 25.5 Å². The average Bonchev–Trinajstić information content (AvgIpc) is 3.38. The fourth-order valence-corrected chi connectivity index (χ4v) is 2.85. The summed E-state index contributed by atoms with van der Waals surface area (Å²) >= 11 is 6.07. The lowest BCUT2D eigenvalue weighted by atomic mass is 10.2. The maximum absolute atomic E-state index is 12.7. The number of benzene rings is 1. The molecule has 0 atom stereocenters. The van der Waals surface area contributed by atoms with Crippen LogP contribution in [0.25, 0.3) is 0 Å². The van der Waals surface area contributed by atoms with Gasteiger partial charge in [0.05, 0.1) is 10.7 Å². The van der Waals surface area contributed by atoms with Gasteiger partial charge in [-0.3, -0.25) is 14.3 Å². The van der Waals surface area contributed by atoms with E-state index in [-0.39, 0.29) is 24.0 Å². The van der Waals surface area contributed by atoms with Crippen LogP contribution in [0.1, 0.15) is 41.7 Å². The highest BCUT2D eigenvalue weighted by atomic mass is 35.5. The molecule has 3 rings (SSSR count). The molecule has 31 heavy (non-hydrogen) atoms. The quantitative estimate of drug-likeness (QED) is 0.526. The molecule has 2 amide bonds. The molecule has 3 aromatic rings. The molecule has 0 saturated carbocycles. The van der Waals surface area contributed by atoms with Crippen LogP contribution in [0.15, 0.2) is 42.7 Å². The fourth-order valence-electron chi connectivity index (χ4n) is 2.66. The van der Waals surface area contributed by atoms with Crippen molar-refractivity contribution in [2.45, 2.75) is 34.0 Å². The van der Waals surface area contributed by atoms with Crippen LogP contribution in [0.4, 0.5) is 5.69 Å². The van der Waals surface area contributed by atoms with Gasteiger partial charge in [-0.15, -0.1) is 0 Å². The first-order valence-corrected chi connectivity index (χ1v) is 10.3. The number of rotatable bonds is 9. The van der Waals surface area contributed by atoms with Gasteiger partial charge in [-0.05, 0) is 31.0 Å². The van der Waals surface area contributed by atoms with Gasteiger partial charge in [-0.25, -0.2) is 4.68 Å². The highest BCUT2D eigenvalue weighted by Crippen LogP contribution is 2.23. The maximum atomic E-state index is 12.7. The second-order valence-electron chi connectivity index (χ2n) is 7.25. The molecule has 0 aliphatic heterocycles. The Morgan fingerprint density at radius 1 is 1.13 bits per heavy atom. The van der Waals surface area contributed by atoms with E-state index in [0.29, 0.717) is 35.5 Å². The summed E-state index contributed by atoms with van der Waals surface area (Å²) in [6, 6.07) is 8.66. The van der Waals surface area contributed by atoms with Crippen molar-refractivity contribution in [1.82, 2.24) is 24.9 Å². The third kappa shape index (κ3) is 5.85. The second-order valence-corrected chi connectivity index (χ2v) is 7.66. The van der Waals surface area contributed by atoms with Crippen LogP contribution in [0.2, 0.25) is 5.02 Å².